The highest BCUT2D eigenvalue weighted by Crippen LogP contribution is 2.38. The molecule has 2 aromatic carbocycles. The van der Waals surface area contributed by atoms with Crippen LogP contribution in [0.5, 0.6) is 11.5 Å². The summed E-state index contributed by atoms with van der Waals surface area (Å²) in [7, 11) is 0. The third kappa shape index (κ3) is 2.61. The van der Waals surface area contributed by atoms with Gasteiger partial charge in [0, 0.05) is 15.5 Å². The fourth-order valence-electron chi connectivity index (χ4n) is 1.81. The monoisotopic (exact) mass is 277 g/mol. The summed E-state index contributed by atoms with van der Waals surface area (Å²) in [4.78, 5) is 1.62. The summed E-state index contributed by atoms with van der Waals surface area (Å²) in [5.74, 6) is 1.16. The Balaban J connectivity index is 1.89. The predicted molar refractivity (Wildman–Crippen MR) is 72.4 cm³/mol. The van der Waals surface area contributed by atoms with Crippen molar-refractivity contribution in [2.45, 2.75) is 9.79 Å². The summed E-state index contributed by atoms with van der Waals surface area (Å²) in [6.45, 7) is 1.11. The number of rotatable bonds is 2. The zero-order chi connectivity index (χ0) is 13.2. The molecule has 0 spiro atoms. The zero-order valence-corrected chi connectivity index (χ0v) is 10.9. The van der Waals surface area contributed by atoms with Gasteiger partial charge >= 0.3 is 0 Å². The van der Waals surface area contributed by atoms with E-state index in [1.54, 1.807) is 6.07 Å². The first-order valence-corrected chi connectivity index (χ1v) is 6.66. The second-order valence-electron chi connectivity index (χ2n) is 4.09. The lowest BCUT2D eigenvalue weighted by atomic mass is 10.3. The Morgan fingerprint density at radius 3 is 2.63 bits per heavy atom. The van der Waals surface area contributed by atoms with Crippen LogP contribution in [0.3, 0.4) is 0 Å². The van der Waals surface area contributed by atoms with Gasteiger partial charge in [-0.1, -0.05) is 11.8 Å². The Kier molecular flexibility index (Phi) is 3.21. The van der Waals surface area contributed by atoms with Gasteiger partial charge in [-0.3, -0.25) is 0 Å². The van der Waals surface area contributed by atoms with Gasteiger partial charge in [-0.25, -0.2) is 4.39 Å². The van der Waals surface area contributed by atoms with E-state index in [9.17, 15) is 4.39 Å². The van der Waals surface area contributed by atoms with Gasteiger partial charge in [0.05, 0.1) is 0 Å². The molecule has 0 bridgehead atoms. The molecule has 0 unspecified atom stereocenters. The van der Waals surface area contributed by atoms with Crippen molar-refractivity contribution in [1.29, 1.82) is 0 Å². The lowest BCUT2D eigenvalue weighted by Gasteiger charge is -2.18. The molecule has 3 rings (SSSR count). The lowest BCUT2D eigenvalue weighted by molar-refractivity contribution is 0.171. The van der Waals surface area contributed by atoms with Crippen LogP contribution in [0, 0.1) is 5.82 Å². The summed E-state index contributed by atoms with van der Waals surface area (Å²) >= 11 is 1.40. The van der Waals surface area contributed by atoms with Gasteiger partial charge < -0.3 is 15.2 Å². The van der Waals surface area contributed by atoms with E-state index in [0.717, 1.165) is 10.6 Å². The molecule has 1 aliphatic rings. The Hall–Kier alpha value is -1.88. The van der Waals surface area contributed by atoms with E-state index in [-0.39, 0.29) is 5.82 Å². The minimum Gasteiger partial charge on any atom is -0.486 e. The van der Waals surface area contributed by atoms with Crippen LogP contribution >= 0.6 is 11.8 Å². The summed E-state index contributed by atoms with van der Waals surface area (Å²) in [5.41, 5.74) is 6.39. The summed E-state index contributed by atoms with van der Waals surface area (Å²) in [5, 5.41) is 0. The average molecular weight is 277 g/mol. The number of halogens is 1. The molecule has 1 aliphatic heterocycles. The SMILES string of the molecule is Nc1ccc(F)cc1Sc1ccc2c(c1)OCCO2. The number of nitrogen functional groups attached to an aromatic ring is 1. The van der Waals surface area contributed by atoms with Gasteiger partial charge in [0.15, 0.2) is 11.5 Å². The Bertz CT molecular complexity index is 618. The zero-order valence-electron chi connectivity index (χ0n) is 10.1. The second kappa shape index (κ2) is 5.01. The first-order valence-electron chi connectivity index (χ1n) is 5.85. The van der Waals surface area contributed by atoms with Crippen molar-refractivity contribution in [3.8, 4) is 11.5 Å². The molecule has 0 saturated carbocycles. The van der Waals surface area contributed by atoms with Gasteiger partial charge in [0.2, 0.25) is 0 Å². The summed E-state index contributed by atoms with van der Waals surface area (Å²) in [6, 6.07) is 9.98. The molecule has 98 valence electrons. The van der Waals surface area contributed by atoms with E-state index in [1.807, 2.05) is 18.2 Å². The molecule has 2 N–H and O–H groups in total. The van der Waals surface area contributed by atoms with Crippen molar-refractivity contribution in [3.05, 3.63) is 42.2 Å². The normalized spacial score (nSPS) is 13.3. The van der Waals surface area contributed by atoms with Gasteiger partial charge in [0.1, 0.15) is 19.0 Å². The molecule has 0 aliphatic carbocycles. The van der Waals surface area contributed by atoms with Crippen LogP contribution in [0.1, 0.15) is 0 Å². The Morgan fingerprint density at radius 1 is 1.00 bits per heavy atom. The molecule has 3 nitrogen and oxygen atoms in total. The van der Waals surface area contributed by atoms with Gasteiger partial charge in [-0.15, -0.1) is 0 Å². The molecular weight excluding hydrogens is 265 g/mol. The molecule has 0 fully saturated rings. The summed E-state index contributed by atoms with van der Waals surface area (Å²) in [6.07, 6.45) is 0. The van der Waals surface area contributed by atoms with Crippen molar-refractivity contribution in [3.63, 3.8) is 0 Å². The van der Waals surface area contributed by atoms with Crippen molar-refractivity contribution in [1.82, 2.24) is 0 Å². The van der Waals surface area contributed by atoms with Crippen molar-refractivity contribution < 1.29 is 13.9 Å². The van der Waals surface area contributed by atoms with Gasteiger partial charge in [-0.05, 0) is 36.4 Å². The molecule has 19 heavy (non-hydrogen) atoms. The number of fused-ring (bicyclic) bond motifs is 1. The van der Waals surface area contributed by atoms with Gasteiger partial charge in [-0.2, -0.15) is 0 Å². The van der Waals surface area contributed by atoms with Crippen LogP contribution < -0.4 is 15.2 Å². The fraction of sp³-hybridized carbons (Fsp3) is 0.143. The van der Waals surface area contributed by atoms with E-state index in [2.05, 4.69) is 0 Å². The third-order valence-electron chi connectivity index (χ3n) is 2.72. The van der Waals surface area contributed by atoms with Crippen LogP contribution in [0.15, 0.2) is 46.2 Å². The van der Waals surface area contributed by atoms with Crippen LogP contribution in [-0.4, -0.2) is 13.2 Å². The average Bonchev–Trinajstić information content (AvgIpc) is 2.43. The first kappa shape index (κ1) is 12.2. The standard InChI is InChI=1S/C14H12FNO2S/c15-9-1-3-11(16)14(7-9)19-10-2-4-12-13(8-10)18-6-5-17-12/h1-4,7-8H,5-6,16H2. The molecule has 0 saturated heterocycles. The third-order valence-corrected chi connectivity index (χ3v) is 3.78. The van der Waals surface area contributed by atoms with E-state index in [1.165, 1.54) is 23.9 Å². The first-order chi connectivity index (χ1) is 9.22. The Morgan fingerprint density at radius 2 is 1.79 bits per heavy atom. The van der Waals surface area contributed by atoms with Crippen molar-refractivity contribution in [2.24, 2.45) is 0 Å². The van der Waals surface area contributed by atoms with E-state index < -0.39 is 0 Å². The van der Waals surface area contributed by atoms with Gasteiger partial charge in [0.25, 0.3) is 0 Å². The quantitative estimate of drug-likeness (QED) is 0.855. The van der Waals surface area contributed by atoms with Crippen molar-refractivity contribution in [2.75, 3.05) is 18.9 Å². The van der Waals surface area contributed by atoms with E-state index >= 15 is 0 Å². The van der Waals surface area contributed by atoms with E-state index in [0.29, 0.717) is 29.5 Å². The van der Waals surface area contributed by atoms with Crippen molar-refractivity contribution >= 4 is 17.4 Å². The molecule has 0 aromatic heterocycles. The highest BCUT2D eigenvalue weighted by Gasteiger charge is 2.12. The molecule has 2 aromatic rings. The number of hydrogen-bond acceptors (Lipinski definition) is 4. The van der Waals surface area contributed by atoms with E-state index in [4.69, 9.17) is 15.2 Å². The molecule has 0 atom stereocenters. The largest absolute Gasteiger partial charge is 0.486 e. The summed E-state index contributed by atoms with van der Waals surface area (Å²) < 4.78 is 24.2. The van der Waals surface area contributed by atoms with Crippen LogP contribution in [0.2, 0.25) is 0 Å². The number of benzene rings is 2. The molecule has 0 radical (unpaired) electrons. The molecule has 1 heterocycles. The minimum atomic E-state index is -0.297. The van der Waals surface area contributed by atoms with Crippen LogP contribution in [-0.2, 0) is 0 Å². The molecular formula is C14H12FNO2S. The fourth-order valence-corrected chi connectivity index (χ4v) is 2.72. The highest BCUT2D eigenvalue weighted by molar-refractivity contribution is 7.99. The lowest BCUT2D eigenvalue weighted by Crippen LogP contribution is -2.15. The highest BCUT2D eigenvalue weighted by atomic mass is 32.2. The Labute approximate surface area is 114 Å². The minimum absolute atomic E-state index is 0.297. The molecule has 0 amide bonds. The topological polar surface area (TPSA) is 44.5 Å². The number of hydrogen-bond donors (Lipinski definition) is 1. The maximum atomic E-state index is 13.2. The number of ether oxygens (including phenoxy) is 2. The number of anilines is 1. The second-order valence-corrected chi connectivity index (χ2v) is 5.21. The smallest absolute Gasteiger partial charge is 0.162 e. The number of nitrogens with two attached hydrogens (primary N) is 1. The van der Waals surface area contributed by atoms with Crippen LogP contribution in [0.25, 0.3) is 0 Å². The van der Waals surface area contributed by atoms with Crippen LogP contribution in [0.4, 0.5) is 10.1 Å². The maximum absolute atomic E-state index is 13.2. The molecule has 5 heteroatoms. The maximum Gasteiger partial charge on any atom is 0.162 e. The predicted octanol–water partition coefficient (Wildman–Crippen LogP) is 3.33.